The first-order valence-corrected chi connectivity index (χ1v) is 6.99. The zero-order valence-electron chi connectivity index (χ0n) is 11.2. The number of hydrogen-bond acceptors (Lipinski definition) is 4. The SMILES string of the molecule is CCC(=O)OCCCCCCn1ccc(=O)[nH]c1=S. The highest BCUT2D eigenvalue weighted by Gasteiger charge is 1.98. The van der Waals surface area contributed by atoms with E-state index in [1.54, 1.807) is 13.1 Å². The van der Waals surface area contributed by atoms with Crippen LogP contribution in [0.25, 0.3) is 0 Å². The van der Waals surface area contributed by atoms with Crippen molar-refractivity contribution in [1.82, 2.24) is 9.55 Å². The monoisotopic (exact) mass is 284 g/mol. The van der Waals surface area contributed by atoms with Crippen LogP contribution in [0.5, 0.6) is 0 Å². The molecule has 106 valence electrons. The summed E-state index contributed by atoms with van der Waals surface area (Å²) < 4.78 is 7.31. The van der Waals surface area contributed by atoms with E-state index in [9.17, 15) is 9.59 Å². The largest absolute Gasteiger partial charge is 0.466 e. The van der Waals surface area contributed by atoms with E-state index in [2.05, 4.69) is 4.98 Å². The van der Waals surface area contributed by atoms with Gasteiger partial charge < -0.3 is 9.30 Å². The quantitative estimate of drug-likeness (QED) is 0.452. The fourth-order valence-corrected chi connectivity index (χ4v) is 1.90. The lowest BCUT2D eigenvalue weighted by Gasteiger charge is -2.06. The van der Waals surface area contributed by atoms with Crippen molar-refractivity contribution in [2.45, 2.75) is 45.6 Å². The smallest absolute Gasteiger partial charge is 0.305 e. The Bertz CT molecular complexity index is 507. The number of ether oxygens (including phenoxy) is 1. The van der Waals surface area contributed by atoms with E-state index in [4.69, 9.17) is 17.0 Å². The molecule has 0 saturated heterocycles. The average Bonchev–Trinajstić information content (AvgIpc) is 2.39. The third-order valence-corrected chi connectivity index (χ3v) is 3.08. The molecule has 0 aliphatic carbocycles. The van der Waals surface area contributed by atoms with Crippen LogP contribution >= 0.6 is 12.2 Å². The van der Waals surface area contributed by atoms with Gasteiger partial charge in [0.05, 0.1) is 6.61 Å². The molecular formula is C13H20N2O3S. The first kappa shape index (κ1) is 15.6. The maximum atomic E-state index is 11.0. The number of unbranched alkanes of at least 4 members (excludes halogenated alkanes) is 3. The minimum atomic E-state index is -0.168. The molecule has 0 radical (unpaired) electrons. The van der Waals surface area contributed by atoms with Crippen LogP contribution in [0.15, 0.2) is 17.1 Å². The lowest BCUT2D eigenvalue weighted by Crippen LogP contribution is -2.11. The average molecular weight is 284 g/mol. The predicted molar refractivity (Wildman–Crippen MR) is 75.6 cm³/mol. The predicted octanol–water partition coefficient (Wildman–Crippen LogP) is 2.42. The number of H-pyrrole nitrogens is 1. The Balaban J connectivity index is 2.12. The van der Waals surface area contributed by atoms with Gasteiger partial charge in [0, 0.05) is 25.2 Å². The van der Waals surface area contributed by atoms with Gasteiger partial charge in [-0.15, -0.1) is 0 Å². The van der Waals surface area contributed by atoms with E-state index >= 15 is 0 Å². The molecule has 1 aromatic rings. The summed E-state index contributed by atoms with van der Waals surface area (Å²) in [5.41, 5.74) is -0.168. The van der Waals surface area contributed by atoms with Crippen LogP contribution in [0, 0.1) is 4.77 Å². The van der Waals surface area contributed by atoms with Gasteiger partial charge in [0.1, 0.15) is 0 Å². The van der Waals surface area contributed by atoms with Gasteiger partial charge in [-0.25, -0.2) is 0 Å². The third-order valence-electron chi connectivity index (χ3n) is 2.74. The van der Waals surface area contributed by atoms with Crippen molar-refractivity contribution >= 4 is 18.2 Å². The third kappa shape index (κ3) is 6.33. The Morgan fingerprint density at radius 2 is 2.11 bits per heavy atom. The van der Waals surface area contributed by atoms with Gasteiger partial charge in [-0.2, -0.15) is 0 Å². The number of hydrogen-bond donors (Lipinski definition) is 1. The second kappa shape index (κ2) is 8.63. The number of aryl methyl sites for hydroxylation is 1. The lowest BCUT2D eigenvalue weighted by molar-refractivity contribution is -0.143. The normalized spacial score (nSPS) is 10.4. The summed E-state index contributed by atoms with van der Waals surface area (Å²) >= 11 is 5.05. The molecule has 0 bridgehead atoms. The maximum absolute atomic E-state index is 11.0. The molecule has 0 spiro atoms. The Hall–Kier alpha value is -1.43. The second-order valence-corrected chi connectivity index (χ2v) is 4.68. The zero-order chi connectivity index (χ0) is 14.1. The van der Waals surface area contributed by atoms with E-state index in [-0.39, 0.29) is 11.5 Å². The van der Waals surface area contributed by atoms with Gasteiger partial charge in [-0.1, -0.05) is 13.3 Å². The van der Waals surface area contributed by atoms with Crippen LogP contribution in [0.4, 0.5) is 0 Å². The first-order valence-electron chi connectivity index (χ1n) is 6.59. The van der Waals surface area contributed by atoms with Crippen molar-refractivity contribution in [3.63, 3.8) is 0 Å². The molecule has 0 fully saturated rings. The van der Waals surface area contributed by atoms with E-state index < -0.39 is 0 Å². The highest BCUT2D eigenvalue weighted by Crippen LogP contribution is 2.03. The molecule has 0 atom stereocenters. The summed E-state index contributed by atoms with van der Waals surface area (Å²) in [6.45, 7) is 3.09. The molecule has 0 aliphatic rings. The molecule has 0 aliphatic heterocycles. The van der Waals surface area contributed by atoms with Crippen LogP contribution in [0.2, 0.25) is 0 Å². The maximum Gasteiger partial charge on any atom is 0.305 e. The zero-order valence-corrected chi connectivity index (χ0v) is 12.0. The summed E-state index contributed by atoms with van der Waals surface area (Å²) in [7, 11) is 0. The van der Waals surface area contributed by atoms with Crippen molar-refractivity contribution in [3.8, 4) is 0 Å². The fraction of sp³-hybridized carbons (Fsp3) is 0.615. The lowest BCUT2D eigenvalue weighted by atomic mass is 10.2. The van der Waals surface area contributed by atoms with E-state index in [0.717, 1.165) is 32.2 Å². The molecule has 1 N–H and O–H groups in total. The van der Waals surface area contributed by atoms with E-state index in [1.165, 1.54) is 6.07 Å². The standard InChI is InChI=1S/C13H20N2O3S/c1-2-12(17)18-10-6-4-3-5-8-15-9-7-11(16)14-13(15)19/h7,9H,2-6,8,10H2,1H3,(H,14,16,19). The first-order chi connectivity index (χ1) is 9.13. The Labute approximate surface area is 117 Å². The number of nitrogens with one attached hydrogen (secondary N) is 1. The Morgan fingerprint density at radius 3 is 2.79 bits per heavy atom. The summed E-state index contributed by atoms with van der Waals surface area (Å²) in [5, 5.41) is 0. The molecule has 1 aromatic heterocycles. The topological polar surface area (TPSA) is 64.1 Å². The molecule has 0 amide bonds. The van der Waals surface area contributed by atoms with Crippen molar-refractivity contribution in [3.05, 3.63) is 27.4 Å². The van der Waals surface area contributed by atoms with Crippen LogP contribution in [0.3, 0.4) is 0 Å². The molecular weight excluding hydrogens is 264 g/mol. The van der Waals surface area contributed by atoms with Crippen molar-refractivity contribution < 1.29 is 9.53 Å². The second-order valence-electron chi connectivity index (χ2n) is 4.29. The van der Waals surface area contributed by atoms with Crippen LogP contribution in [0.1, 0.15) is 39.0 Å². The number of esters is 1. The number of rotatable bonds is 8. The molecule has 5 nitrogen and oxygen atoms in total. The Kier molecular flexibility index (Phi) is 7.10. The number of carbonyl (C=O) groups excluding carboxylic acids is 1. The molecule has 1 heterocycles. The van der Waals surface area contributed by atoms with Crippen molar-refractivity contribution in [1.29, 1.82) is 0 Å². The van der Waals surface area contributed by atoms with Crippen molar-refractivity contribution in [2.75, 3.05) is 6.61 Å². The van der Waals surface area contributed by atoms with Gasteiger partial charge in [-0.05, 0) is 31.5 Å². The van der Waals surface area contributed by atoms with Crippen LogP contribution in [-0.2, 0) is 16.1 Å². The molecule has 19 heavy (non-hydrogen) atoms. The molecule has 0 unspecified atom stereocenters. The minimum absolute atomic E-state index is 0.139. The van der Waals surface area contributed by atoms with Crippen LogP contribution in [-0.4, -0.2) is 22.1 Å². The summed E-state index contributed by atoms with van der Waals surface area (Å²) in [6.07, 6.45) is 6.09. The summed E-state index contributed by atoms with van der Waals surface area (Å²) in [4.78, 5) is 24.5. The van der Waals surface area contributed by atoms with Crippen LogP contribution < -0.4 is 5.56 Å². The van der Waals surface area contributed by atoms with Gasteiger partial charge in [0.25, 0.3) is 5.56 Å². The van der Waals surface area contributed by atoms with Gasteiger partial charge >= 0.3 is 5.97 Å². The van der Waals surface area contributed by atoms with E-state index in [1.807, 2.05) is 4.57 Å². The Morgan fingerprint density at radius 1 is 1.37 bits per heavy atom. The summed E-state index contributed by atoms with van der Waals surface area (Å²) in [6, 6.07) is 1.47. The fourth-order valence-electron chi connectivity index (χ4n) is 1.65. The molecule has 0 aromatic carbocycles. The number of nitrogens with zero attached hydrogens (tertiary/aromatic N) is 1. The van der Waals surface area contributed by atoms with Crippen molar-refractivity contribution in [2.24, 2.45) is 0 Å². The van der Waals surface area contributed by atoms with E-state index in [0.29, 0.717) is 17.8 Å². The molecule has 1 rings (SSSR count). The van der Waals surface area contributed by atoms with Gasteiger partial charge in [0.15, 0.2) is 4.77 Å². The number of aromatic amines is 1. The van der Waals surface area contributed by atoms with Gasteiger partial charge in [0.2, 0.25) is 0 Å². The number of carbonyl (C=O) groups is 1. The molecule has 0 saturated carbocycles. The molecule has 6 heteroatoms. The van der Waals surface area contributed by atoms with Gasteiger partial charge in [-0.3, -0.25) is 14.6 Å². The highest BCUT2D eigenvalue weighted by molar-refractivity contribution is 7.71. The number of aromatic nitrogens is 2. The summed E-state index contributed by atoms with van der Waals surface area (Å²) in [5.74, 6) is -0.139. The minimum Gasteiger partial charge on any atom is -0.466 e. The highest BCUT2D eigenvalue weighted by atomic mass is 32.1.